The molecule has 28 heavy (non-hydrogen) atoms. The van der Waals surface area contributed by atoms with Crippen LogP contribution in [0.4, 0.5) is 0 Å². The molecular formula is C27H49N. The van der Waals surface area contributed by atoms with Gasteiger partial charge in [0.15, 0.2) is 0 Å². The van der Waals surface area contributed by atoms with Gasteiger partial charge in [0, 0.05) is 16.6 Å². The van der Waals surface area contributed by atoms with E-state index in [0.717, 1.165) is 31.2 Å². The van der Waals surface area contributed by atoms with Gasteiger partial charge in [-0.15, -0.1) is 0 Å². The molecule has 1 aromatic carbocycles. The largest absolute Gasteiger partial charge is 0.252 e. The maximum Gasteiger partial charge on any atom is 0.0708 e. The van der Waals surface area contributed by atoms with E-state index in [9.17, 15) is 0 Å². The zero-order chi connectivity index (χ0) is 18.8. The van der Waals surface area contributed by atoms with Crippen molar-refractivity contribution in [1.82, 2.24) is 4.98 Å². The highest BCUT2D eigenvalue weighted by Crippen LogP contribution is 2.41. The van der Waals surface area contributed by atoms with Gasteiger partial charge in [-0.05, 0) is 42.9 Å². The highest BCUT2D eigenvalue weighted by molar-refractivity contribution is 5.92. The molecule has 1 heterocycles. The average Bonchev–Trinajstić information content (AvgIpc) is 3.01. The van der Waals surface area contributed by atoms with Crippen LogP contribution in [0, 0.1) is 0 Å². The standard InChI is InChI=1S/C18H21N.2C3H8.3CH4/c1-4-12-11-15-14-9-7-8-10-17(14)19-16(6-3)18(15)13(12)5-2;2*1-3-2;;;/h7-10H,4-6,11H2,1-3H3;2*3H2,1-2H3;3*1H4. The molecule has 3 rings (SSSR count). The van der Waals surface area contributed by atoms with Gasteiger partial charge in [-0.25, -0.2) is 0 Å². The lowest BCUT2D eigenvalue weighted by Gasteiger charge is -2.12. The van der Waals surface area contributed by atoms with E-state index in [1.807, 2.05) is 0 Å². The summed E-state index contributed by atoms with van der Waals surface area (Å²) in [5.74, 6) is 0. The fraction of sp³-hybridized carbons (Fsp3) is 0.593. The first-order valence-corrected chi connectivity index (χ1v) is 10.2. The molecule has 162 valence electrons. The first-order chi connectivity index (χ1) is 12.1. The van der Waals surface area contributed by atoms with Crippen molar-refractivity contribution in [3.05, 3.63) is 46.7 Å². The van der Waals surface area contributed by atoms with Gasteiger partial charge >= 0.3 is 0 Å². The Balaban J connectivity index is -0.000000623. The van der Waals surface area contributed by atoms with E-state index in [1.54, 1.807) is 11.1 Å². The summed E-state index contributed by atoms with van der Waals surface area (Å²) in [7, 11) is 0. The minimum Gasteiger partial charge on any atom is -0.252 e. The minimum atomic E-state index is 0. The molecule has 0 bridgehead atoms. The summed E-state index contributed by atoms with van der Waals surface area (Å²) < 4.78 is 0. The Morgan fingerprint density at radius 1 is 0.750 bits per heavy atom. The lowest BCUT2D eigenvalue weighted by Crippen LogP contribution is -1.99. The van der Waals surface area contributed by atoms with E-state index in [-0.39, 0.29) is 22.3 Å². The van der Waals surface area contributed by atoms with Crippen molar-refractivity contribution in [3.8, 4) is 0 Å². The van der Waals surface area contributed by atoms with Crippen molar-refractivity contribution in [3.63, 3.8) is 0 Å². The molecule has 0 N–H and O–H groups in total. The van der Waals surface area contributed by atoms with E-state index in [4.69, 9.17) is 4.98 Å². The molecule has 1 nitrogen and oxygen atoms in total. The summed E-state index contributed by atoms with van der Waals surface area (Å²) in [5, 5.41) is 1.35. The maximum atomic E-state index is 4.90. The molecule has 0 aliphatic heterocycles. The Bertz CT molecular complexity index is 693. The van der Waals surface area contributed by atoms with Crippen LogP contribution in [-0.4, -0.2) is 4.98 Å². The first-order valence-electron chi connectivity index (χ1n) is 10.2. The van der Waals surface area contributed by atoms with E-state index < -0.39 is 0 Å². The van der Waals surface area contributed by atoms with Crippen molar-refractivity contribution >= 4 is 16.5 Å². The van der Waals surface area contributed by atoms with Crippen molar-refractivity contribution in [2.45, 2.75) is 109 Å². The number of hydrogen-bond donors (Lipinski definition) is 0. The number of hydrogen-bond acceptors (Lipinski definition) is 1. The Labute approximate surface area is 177 Å². The summed E-state index contributed by atoms with van der Waals surface area (Å²) in [6.07, 6.45) is 6.94. The summed E-state index contributed by atoms with van der Waals surface area (Å²) in [4.78, 5) is 4.90. The second-order valence-electron chi connectivity index (χ2n) is 6.66. The van der Waals surface area contributed by atoms with Gasteiger partial charge in [0.1, 0.15) is 0 Å². The molecule has 1 heteroatoms. The molecule has 0 atom stereocenters. The highest BCUT2D eigenvalue weighted by atomic mass is 14.7. The second kappa shape index (κ2) is 16.3. The SMILES string of the molecule is C.C.C.CCC.CCC.CCC1=C(CC)c2c(CC)nc3ccccc3c2C1. The van der Waals surface area contributed by atoms with Crippen molar-refractivity contribution in [2.75, 3.05) is 0 Å². The van der Waals surface area contributed by atoms with Crippen LogP contribution in [-0.2, 0) is 12.8 Å². The molecule has 1 aromatic heterocycles. The van der Waals surface area contributed by atoms with Crippen LogP contribution in [0.25, 0.3) is 16.5 Å². The molecule has 1 aliphatic rings. The van der Waals surface area contributed by atoms with E-state index >= 15 is 0 Å². The van der Waals surface area contributed by atoms with Crippen LogP contribution in [0.1, 0.15) is 113 Å². The topological polar surface area (TPSA) is 12.9 Å². The van der Waals surface area contributed by atoms with E-state index in [2.05, 4.69) is 72.7 Å². The molecule has 0 unspecified atom stereocenters. The zero-order valence-electron chi connectivity index (χ0n) is 17.5. The van der Waals surface area contributed by atoms with Crippen molar-refractivity contribution in [2.24, 2.45) is 0 Å². The van der Waals surface area contributed by atoms with Gasteiger partial charge in [0.05, 0.1) is 5.52 Å². The fourth-order valence-corrected chi connectivity index (χ4v) is 3.39. The van der Waals surface area contributed by atoms with E-state index in [1.165, 1.54) is 35.0 Å². The fourth-order valence-electron chi connectivity index (χ4n) is 3.39. The molecule has 0 radical (unpaired) electrons. The molecular weight excluding hydrogens is 338 g/mol. The Hall–Kier alpha value is -1.63. The van der Waals surface area contributed by atoms with E-state index in [0.29, 0.717) is 0 Å². The molecule has 0 saturated heterocycles. The van der Waals surface area contributed by atoms with Gasteiger partial charge in [-0.3, -0.25) is 4.98 Å². The van der Waals surface area contributed by atoms with Gasteiger partial charge in [-0.2, -0.15) is 0 Å². The number of para-hydroxylation sites is 1. The van der Waals surface area contributed by atoms with Crippen LogP contribution in [0.5, 0.6) is 0 Å². The molecule has 1 aliphatic carbocycles. The zero-order valence-corrected chi connectivity index (χ0v) is 17.5. The third-order valence-corrected chi connectivity index (χ3v) is 4.31. The molecule has 0 amide bonds. The predicted octanol–water partition coefficient (Wildman–Crippen LogP) is 9.67. The summed E-state index contributed by atoms with van der Waals surface area (Å²) in [6.45, 7) is 15.3. The lowest BCUT2D eigenvalue weighted by atomic mass is 9.97. The number of fused-ring (bicyclic) bond motifs is 3. The lowest BCUT2D eigenvalue weighted by molar-refractivity contribution is 1.02. The Kier molecular flexibility index (Phi) is 18.1. The number of allylic oxidation sites excluding steroid dienone is 2. The maximum absolute atomic E-state index is 4.90. The third-order valence-electron chi connectivity index (χ3n) is 4.31. The van der Waals surface area contributed by atoms with Gasteiger partial charge < -0.3 is 0 Å². The van der Waals surface area contributed by atoms with Crippen LogP contribution < -0.4 is 0 Å². The minimum absolute atomic E-state index is 0. The molecule has 0 fully saturated rings. The predicted molar refractivity (Wildman–Crippen MR) is 134 cm³/mol. The Morgan fingerprint density at radius 2 is 1.29 bits per heavy atom. The van der Waals surface area contributed by atoms with Crippen LogP contribution in [0.3, 0.4) is 0 Å². The number of nitrogens with zero attached hydrogens (tertiary/aromatic N) is 1. The normalized spacial score (nSPS) is 11.0. The Morgan fingerprint density at radius 3 is 1.75 bits per heavy atom. The van der Waals surface area contributed by atoms with Crippen LogP contribution >= 0.6 is 0 Å². The number of aromatic nitrogens is 1. The number of aryl methyl sites for hydroxylation is 1. The first kappa shape index (κ1) is 31.1. The number of benzene rings is 1. The quantitative estimate of drug-likeness (QED) is 0.510. The second-order valence-corrected chi connectivity index (χ2v) is 6.66. The third kappa shape index (κ3) is 7.08. The number of rotatable bonds is 3. The molecule has 2 aromatic rings. The summed E-state index contributed by atoms with van der Waals surface area (Å²) in [5.41, 5.74) is 8.62. The monoisotopic (exact) mass is 387 g/mol. The van der Waals surface area contributed by atoms with Gasteiger partial charge in [0.2, 0.25) is 0 Å². The summed E-state index contributed by atoms with van der Waals surface area (Å²) >= 11 is 0. The smallest absolute Gasteiger partial charge is 0.0708 e. The van der Waals surface area contributed by atoms with Crippen molar-refractivity contribution < 1.29 is 0 Å². The molecule has 0 saturated carbocycles. The average molecular weight is 388 g/mol. The van der Waals surface area contributed by atoms with Gasteiger partial charge in [0.25, 0.3) is 0 Å². The molecule has 0 spiro atoms. The summed E-state index contributed by atoms with van der Waals surface area (Å²) in [6, 6.07) is 8.59. The van der Waals surface area contributed by atoms with Crippen molar-refractivity contribution in [1.29, 1.82) is 0 Å². The van der Waals surface area contributed by atoms with Crippen LogP contribution in [0.2, 0.25) is 0 Å². The number of pyridine rings is 1. The highest BCUT2D eigenvalue weighted by Gasteiger charge is 2.24. The van der Waals surface area contributed by atoms with Gasteiger partial charge in [-0.1, -0.05) is 107 Å². The van der Waals surface area contributed by atoms with Crippen LogP contribution in [0.15, 0.2) is 29.8 Å².